The first-order valence-electron chi connectivity index (χ1n) is 6.50. The van der Waals surface area contributed by atoms with Gasteiger partial charge in [0.1, 0.15) is 6.61 Å². The summed E-state index contributed by atoms with van der Waals surface area (Å²) in [4.78, 5) is 11.4. The average molecular weight is 248 g/mol. The molecule has 0 unspecified atom stereocenters. The Morgan fingerprint density at radius 1 is 1.22 bits per heavy atom. The monoisotopic (exact) mass is 248 g/mol. The van der Waals surface area contributed by atoms with Crippen molar-refractivity contribution in [1.82, 2.24) is 10.6 Å². The summed E-state index contributed by atoms with van der Waals surface area (Å²) in [5.41, 5.74) is 1.000. The number of benzene rings is 1. The summed E-state index contributed by atoms with van der Waals surface area (Å²) in [6.45, 7) is 2.81. The zero-order chi connectivity index (χ0) is 12.6. The van der Waals surface area contributed by atoms with E-state index in [2.05, 4.69) is 10.6 Å². The molecule has 4 heteroatoms. The quantitative estimate of drug-likeness (QED) is 0.725. The lowest BCUT2D eigenvalue weighted by atomic mass is 10.2. The normalized spacial score (nSPS) is 14.2. The summed E-state index contributed by atoms with van der Waals surface area (Å²) in [5.74, 6) is 0.870. The van der Waals surface area contributed by atoms with E-state index in [1.807, 2.05) is 30.3 Å². The van der Waals surface area contributed by atoms with Crippen LogP contribution in [0.4, 0.5) is 4.79 Å². The minimum absolute atomic E-state index is 0.322. The van der Waals surface area contributed by atoms with Gasteiger partial charge in [0, 0.05) is 13.1 Å². The first-order valence-corrected chi connectivity index (χ1v) is 6.50. The molecule has 2 rings (SSSR count). The number of carbonyl (C=O) groups is 1. The number of alkyl carbamates (subject to hydrolysis) is 1. The Labute approximate surface area is 108 Å². The third-order valence-electron chi connectivity index (χ3n) is 2.91. The maximum Gasteiger partial charge on any atom is 0.407 e. The predicted molar refractivity (Wildman–Crippen MR) is 70.2 cm³/mol. The first kappa shape index (κ1) is 12.9. The van der Waals surface area contributed by atoms with Crippen LogP contribution in [-0.2, 0) is 11.3 Å². The fourth-order valence-electron chi connectivity index (χ4n) is 1.66. The number of rotatable bonds is 7. The summed E-state index contributed by atoms with van der Waals surface area (Å²) in [7, 11) is 0. The van der Waals surface area contributed by atoms with Crippen LogP contribution < -0.4 is 10.6 Å². The summed E-state index contributed by atoms with van der Waals surface area (Å²) < 4.78 is 5.09. The topological polar surface area (TPSA) is 50.4 Å². The van der Waals surface area contributed by atoms with Crippen molar-refractivity contribution in [2.24, 2.45) is 5.92 Å². The Morgan fingerprint density at radius 2 is 2.00 bits per heavy atom. The van der Waals surface area contributed by atoms with Crippen molar-refractivity contribution in [3.8, 4) is 0 Å². The van der Waals surface area contributed by atoms with Crippen molar-refractivity contribution >= 4 is 6.09 Å². The van der Waals surface area contributed by atoms with Crippen molar-refractivity contribution in [3.05, 3.63) is 35.9 Å². The van der Waals surface area contributed by atoms with Gasteiger partial charge in [0.2, 0.25) is 0 Å². The van der Waals surface area contributed by atoms with Crippen molar-refractivity contribution in [2.75, 3.05) is 19.6 Å². The molecule has 0 atom stereocenters. The van der Waals surface area contributed by atoms with Crippen LogP contribution in [-0.4, -0.2) is 25.7 Å². The summed E-state index contributed by atoms with van der Waals surface area (Å²) in [6.07, 6.45) is 2.34. The van der Waals surface area contributed by atoms with Crippen LogP contribution in [0.1, 0.15) is 18.4 Å². The van der Waals surface area contributed by atoms with E-state index in [1.54, 1.807) is 0 Å². The summed E-state index contributed by atoms with van der Waals surface area (Å²) >= 11 is 0. The van der Waals surface area contributed by atoms with Gasteiger partial charge in [-0.2, -0.15) is 0 Å². The van der Waals surface area contributed by atoms with E-state index in [1.165, 1.54) is 12.8 Å². The number of ether oxygens (including phenoxy) is 1. The van der Waals surface area contributed by atoms with Gasteiger partial charge >= 0.3 is 6.09 Å². The number of nitrogens with one attached hydrogen (secondary N) is 2. The molecule has 0 saturated heterocycles. The Bertz CT molecular complexity index is 363. The van der Waals surface area contributed by atoms with E-state index in [0.29, 0.717) is 13.2 Å². The minimum atomic E-state index is -0.355. The molecule has 1 amide bonds. The molecule has 1 aromatic carbocycles. The van der Waals surface area contributed by atoms with Gasteiger partial charge in [0.05, 0.1) is 0 Å². The van der Waals surface area contributed by atoms with Gasteiger partial charge in [-0.25, -0.2) is 4.79 Å². The number of hydrogen-bond donors (Lipinski definition) is 2. The van der Waals surface area contributed by atoms with E-state index in [-0.39, 0.29) is 6.09 Å². The van der Waals surface area contributed by atoms with Crippen molar-refractivity contribution in [1.29, 1.82) is 0 Å². The third-order valence-corrected chi connectivity index (χ3v) is 2.91. The SMILES string of the molecule is O=C(NCCNCC1CC1)OCc1ccccc1. The minimum Gasteiger partial charge on any atom is -0.445 e. The van der Waals surface area contributed by atoms with Crippen LogP contribution in [0.2, 0.25) is 0 Å². The number of carbonyl (C=O) groups excluding carboxylic acids is 1. The number of hydrogen-bond acceptors (Lipinski definition) is 3. The van der Waals surface area contributed by atoms with Gasteiger partial charge in [-0.15, -0.1) is 0 Å². The van der Waals surface area contributed by atoms with E-state index in [9.17, 15) is 4.79 Å². The highest BCUT2D eigenvalue weighted by Crippen LogP contribution is 2.27. The molecule has 0 radical (unpaired) electrons. The molecule has 98 valence electrons. The fourth-order valence-corrected chi connectivity index (χ4v) is 1.66. The molecule has 1 aliphatic rings. The standard InChI is InChI=1S/C14H20N2O2/c17-14(16-9-8-15-10-12-6-7-12)18-11-13-4-2-1-3-5-13/h1-5,12,15H,6-11H2,(H,16,17). The lowest BCUT2D eigenvalue weighted by molar-refractivity contribution is 0.139. The van der Waals surface area contributed by atoms with Gasteiger partial charge in [-0.1, -0.05) is 30.3 Å². The molecule has 4 nitrogen and oxygen atoms in total. The van der Waals surface area contributed by atoms with Gasteiger partial charge < -0.3 is 15.4 Å². The molecule has 0 heterocycles. The Morgan fingerprint density at radius 3 is 2.72 bits per heavy atom. The largest absolute Gasteiger partial charge is 0.445 e. The van der Waals surface area contributed by atoms with Gasteiger partial charge in [0.15, 0.2) is 0 Å². The van der Waals surface area contributed by atoms with Gasteiger partial charge in [-0.05, 0) is 30.9 Å². The molecule has 0 aliphatic heterocycles. The highest BCUT2D eigenvalue weighted by molar-refractivity contribution is 5.67. The smallest absolute Gasteiger partial charge is 0.407 e. The molecule has 18 heavy (non-hydrogen) atoms. The first-order chi connectivity index (χ1) is 8.84. The molecule has 1 fully saturated rings. The Balaban J connectivity index is 1.49. The Kier molecular flexibility index (Phi) is 5.02. The van der Waals surface area contributed by atoms with Crippen molar-refractivity contribution in [3.63, 3.8) is 0 Å². The van der Waals surface area contributed by atoms with E-state index in [0.717, 1.165) is 24.6 Å². The maximum atomic E-state index is 11.4. The van der Waals surface area contributed by atoms with Crippen LogP contribution in [0.15, 0.2) is 30.3 Å². The van der Waals surface area contributed by atoms with Crippen LogP contribution in [0, 0.1) is 5.92 Å². The van der Waals surface area contributed by atoms with E-state index in [4.69, 9.17) is 4.74 Å². The summed E-state index contributed by atoms with van der Waals surface area (Å²) in [5, 5.41) is 6.03. The Hall–Kier alpha value is -1.55. The molecule has 2 N–H and O–H groups in total. The highest BCUT2D eigenvalue weighted by Gasteiger charge is 2.19. The van der Waals surface area contributed by atoms with Crippen LogP contribution in [0.3, 0.4) is 0 Å². The van der Waals surface area contributed by atoms with Gasteiger partial charge in [0.25, 0.3) is 0 Å². The molecular formula is C14H20N2O2. The highest BCUT2D eigenvalue weighted by atomic mass is 16.5. The number of amides is 1. The van der Waals surface area contributed by atoms with E-state index < -0.39 is 0 Å². The third kappa shape index (κ3) is 5.19. The lowest BCUT2D eigenvalue weighted by Gasteiger charge is -2.07. The maximum absolute atomic E-state index is 11.4. The van der Waals surface area contributed by atoms with Gasteiger partial charge in [-0.3, -0.25) is 0 Å². The molecule has 1 saturated carbocycles. The molecule has 0 spiro atoms. The molecular weight excluding hydrogens is 228 g/mol. The second kappa shape index (κ2) is 7.01. The van der Waals surface area contributed by atoms with Crippen LogP contribution >= 0.6 is 0 Å². The van der Waals surface area contributed by atoms with Crippen LogP contribution in [0.25, 0.3) is 0 Å². The zero-order valence-electron chi connectivity index (χ0n) is 10.5. The van der Waals surface area contributed by atoms with E-state index >= 15 is 0 Å². The second-order valence-corrected chi connectivity index (χ2v) is 4.64. The average Bonchev–Trinajstić information content (AvgIpc) is 3.21. The molecule has 0 bridgehead atoms. The molecule has 0 aromatic heterocycles. The zero-order valence-corrected chi connectivity index (χ0v) is 10.5. The van der Waals surface area contributed by atoms with Crippen molar-refractivity contribution in [2.45, 2.75) is 19.4 Å². The van der Waals surface area contributed by atoms with Crippen molar-refractivity contribution < 1.29 is 9.53 Å². The van der Waals surface area contributed by atoms with Crippen LogP contribution in [0.5, 0.6) is 0 Å². The molecule has 1 aromatic rings. The summed E-state index contributed by atoms with van der Waals surface area (Å²) in [6, 6.07) is 9.67. The fraction of sp³-hybridized carbons (Fsp3) is 0.500. The lowest BCUT2D eigenvalue weighted by Crippen LogP contribution is -2.32. The molecule has 1 aliphatic carbocycles. The second-order valence-electron chi connectivity index (χ2n) is 4.64. The predicted octanol–water partition coefficient (Wildman–Crippen LogP) is 1.91.